The van der Waals surface area contributed by atoms with Gasteiger partial charge in [0.15, 0.2) is 6.29 Å². The molecule has 0 bridgehead atoms. The molecule has 1 atom stereocenters. The van der Waals surface area contributed by atoms with E-state index in [1.807, 2.05) is 32.9 Å². The van der Waals surface area contributed by atoms with Crippen LogP contribution in [0.15, 0.2) is 24.4 Å². The van der Waals surface area contributed by atoms with E-state index in [9.17, 15) is 4.79 Å². The molecule has 0 N–H and O–H groups in total. The Bertz CT molecular complexity index is 923. The second kappa shape index (κ2) is 9.14. The standard InChI is InChI=1S/C22H29ClN4O4/c1-22(2,3)31-21(28)26-8-6-16(7-9-26)27(10-11-29-20-14-30-20)19-5-4-15-13-24-18(23)12-17(15)25-19/h4-5,12-13,16,20H,6-11,14H2,1-3H3. The van der Waals surface area contributed by atoms with E-state index in [4.69, 9.17) is 30.8 Å². The monoisotopic (exact) mass is 448 g/mol. The molecule has 2 aromatic rings. The van der Waals surface area contributed by atoms with E-state index in [2.05, 4.69) is 9.88 Å². The molecule has 0 radical (unpaired) electrons. The Labute approximate surface area is 187 Å². The lowest BCUT2D eigenvalue weighted by Crippen LogP contribution is -2.49. The number of epoxide rings is 1. The highest BCUT2D eigenvalue weighted by molar-refractivity contribution is 6.30. The molecule has 168 valence electrons. The largest absolute Gasteiger partial charge is 0.444 e. The van der Waals surface area contributed by atoms with Crippen molar-refractivity contribution in [1.82, 2.24) is 14.9 Å². The molecule has 8 nitrogen and oxygen atoms in total. The minimum Gasteiger partial charge on any atom is -0.444 e. The van der Waals surface area contributed by atoms with Crippen LogP contribution in [-0.2, 0) is 14.2 Å². The van der Waals surface area contributed by atoms with Crippen molar-refractivity contribution >= 4 is 34.4 Å². The molecule has 4 heterocycles. The van der Waals surface area contributed by atoms with Gasteiger partial charge in [0.25, 0.3) is 0 Å². The first-order valence-electron chi connectivity index (χ1n) is 10.7. The zero-order valence-electron chi connectivity index (χ0n) is 18.2. The number of piperidine rings is 1. The van der Waals surface area contributed by atoms with E-state index in [0.29, 0.717) is 38.0 Å². The maximum atomic E-state index is 12.4. The summed E-state index contributed by atoms with van der Waals surface area (Å²) >= 11 is 6.07. The number of halogens is 1. The molecule has 2 aliphatic rings. The molecule has 0 aromatic carbocycles. The zero-order valence-corrected chi connectivity index (χ0v) is 19.0. The number of aromatic nitrogens is 2. The molecule has 2 saturated heterocycles. The van der Waals surface area contributed by atoms with Crippen LogP contribution in [-0.4, -0.2) is 71.7 Å². The quantitative estimate of drug-likeness (QED) is 0.490. The van der Waals surface area contributed by atoms with Crippen LogP contribution in [0.2, 0.25) is 5.15 Å². The Hall–Kier alpha value is -2.16. The first kappa shape index (κ1) is 22.0. The minimum atomic E-state index is -0.493. The summed E-state index contributed by atoms with van der Waals surface area (Å²) in [6.07, 6.45) is 3.06. The Balaban J connectivity index is 1.47. The van der Waals surface area contributed by atoms with Crippen LogP contribution in [0.3, 0.4) is 0 Å². The fraction of sp³-hybridized carbons (Fsp3) is 0.591. The summed E-state index contributed by atoms with van der Waals surface area (Å²) in [5.74, 6) is 0.866. The zero-order chi connectivity index (χ0) is 22.0. The van der Waals surface area contributed by atoms with Crippen molar-refractivity contribution in [3.8, 4) is 0 Å². The Kier molecular flexibility index (Phi) is 6.50. The average molecular weight is 449 g/mol. The number of amides is 1. The minimum absolute atomic E-state index is 0.0784. The maximum Gasteiger partial charge on any atom is 0.410 e. The third-order valence-corrected chi connectivity index (χ3v) is 5.52. The number of rotatable bonds is 6. The van der Waals surface area contributed by atoms with Gasteiger partial charge in [0, 0.05) is 43.3 Å². The number of pyridine rings is 2. The number of ether oxygens (including phenoxy) is 3. The van der Waals surface area contributed by atoms with Gasteiger partial charge in [-0.25, -0.2) is 14.8 Å². The fourth-order valence-electron chi connectivity index (χ4n) is 3.73. The highest BCUT2D eigenvalue weighted by atomic mass is 35.5. The van der Waals surface area contributed by atoms with Gasteiger partial charge >= 0.3 is 6.09 Å². The van der Waals surface area contributed by atoms with Crippen LogP contribution in [0.25, 0.3) is 10.9 Å². The highest BCUT2D eigenvalue weighted by Gasteiger charge is 2.31. The lowest BCUT2D eigenvalue weighted by Gasteiger charge is -2.39. The van der Waals surface area contributed by atoms with Gasteiger partial charge in [-0.05, 0) is 45.7 Å². The van der Waals surface area contributed by atoms with E-state index in [0.717, 1.165) is 29.6 Å². The van der Waals surface area contributed by atoms with Gasteiger partial charge in [0.2, 0.25) is 0 Å². The number of fused-ring (bicyclic) bond motifs is 1. The number of hydrogen-bond donors (Lipinski definition) is 0. The Morgan fingerprint density at radius 2 is 2.06 bits per heavy atom. The average Bonchev–Trinajstić information content (AvgIpc) is 3.54. The van der Waals surface area contributed by atoms with E-state index in [-0.39, 0.29) is 18.4 Å². The molecule has 4 rings (SSSR count). The van der Waals surface area contributed by atoms with Crippen molar-refractivity contribution < 1.29 is 19.0 Å². The van der Waals surface area contributed by atoms with Gasteiger partial charge in [0.1, 0.15) is 23.2 Å². The number of nitrogens with zero attached hydrogens (tertiary/aromatic N) is 4. The van der Waals surface area contributed by atoms with E-state index >= 15 is 0 Å². The smallest absolute Gasteiger partial charge is 0.410 e. The van der Waals surface area contributed by atoms with Gasteiger partial charge in [-0.1, -0.05) is 11.6 Å². The maximum absolute atomic E-state index is 12.4. The van der Waals surface area contributed by atoms with Crippen molar-refractivity contribution in [1.29, 1.82) is 0 Å². The second-order valence-electron chi connectivity index (χ2n) is 8.89. The van der Waals surface area contributed by atoms with E-state index < -0.39 is 5.60 Å². The Morgan fingerprint density at radius 1 is 1.32 bits per heavy atom. The predicted molar refractivity (Wildman–Crippen MR) is 118 cm³/mol. The van der Waals surface area contributed by atoms with Crippen LogP contribution in [0.1, 0.15) is 33.6 Å². The van der Waals surface area contributed by atoms with Crippen molar-refractivity contribution in [3.05, 3.63) is 29.5 Å². The lowest BCUT2D eigenvalue weighted by molar-refractivity contribution is 0.0199. The third-order valence-electron chi connectivity index (χ3n) is 5.32. The van der Waals surface area contributed by atoms with Crippen molar-refractivity contribution in [2.75, 3.05) is 37.7 Å². The normalized spacial score (nSPS) is 19.5. The molecule has 0 aliphatic carbocycles. The molecule has 2 aliphatic heterocycles. The van der Waals surface area contributed by atoms with Gasteiger partial charge in [0.05, 0.1) is 12.1 Å². The predicted octanol–water partition coefficient (Wildman–Crippen LogP) is 3.86. The van der Waals surface area contributed by atoms with Crippen LogP contribution in [0, 0.1) is 0 Å². The summed E-state index contributed by atoms with van der Waals surface area (Å²) in [6.45, 7) is 8.84. The molecule has 0 spiro atoms. The summed E-state index contributed by atoms with van der Waals surface area (Å²) in [6, 6.07) is 6.03. The topological polar surface area (TPSA) is 80.3 Å². The molecule has 31 heavy (non-hydrogen) atoms. The lowest BCUT2D eigenvalue weighted by atomic mass is 10.0. The van der Waals surface area contributed by atoms with E-state index in [1.54, 1.807) is 17.2 Å². The number of carbonyl (C=O) groups is 1. The molecular formula is C22H29ClN4O4. The number of likely N-dealkylation sites (tertiary alicyclic amines) is 1. The second-order valence-corrected chi connectivity index (χ2v) is 9.28. The summed E-state index contributed by atoms with van der Waals surface area (Å²) in [4.78, 5) is 25.4. The van der Waals surface area contributed by atoms with Gasteiger partial charge in [-0.2, -0.15) is 0 Å². The molecule has 0 saturated carbocycles. The summed E-state index contributed by atoms with van der Waals surface area (Å²) in [5, 5.41) is 1.36. The number of hydrogen-bond acceptors (Lipinski definition) is 7. The van der Waals surface area contributed by atoms with Crippen molar-refractivity contribution in [2.24, 2.45) is 0 Å². The first-order chi connectivity index (χ1) is 14.8. The van der Waals surface area contributed by atoms with Crippen molar-refractivity contribution in [3.63, 3.8) is 0 Å². The van der Waals surface area contributed by atoms with E-state index in [1.165, 1.54) is 0 Å². The van der Waals surface area contributed by atoms with Crippen LogP contribution < -0.4 is 4.90 Å². The molecule has 1 amide bonds. The van der Waals surface area contributed by atoms with Crippen molar-refractivity contribution in [2.45, 2.75) is 51.5 Å². The fourth-order valence-corrected chi connectivity index (χ4v) is 3.88. The highest BCUT2D eigenvalue weighted by Crippen LogP contribution is 2.26. The summed E-state index contributed by atoms with van der Waals surface area (Å²) < 4.78 is 16.4. The Morgan fingerprint density at radius 3 is 2.74 bits per heavy atom. The summed E-state index contributed by atoms with van der Waals surface area (Å²) in [7, 11) is 0. The number of carbonyl (C=O) groups excluding carboxylic acids is 1. The van der Waals surface area contributed by atoms with Gasteiger partial charge in [-0.3, -0.25) is 0 Å². The van der Waals surface area contributed by atoms with Crippen LogP contribution in [0.4, 0.5) is 10.6 Å². The van der Waals surface area contributed by atoms with Gasteiger partial charge < -0.3 is 24.0 Å². The van der Waals surface area contributed by atoms with Gasteiger partial charge in [-0.15, -0.1) is 0 Å². The first-order valence-corrected chi connectivity index (χ1v) is 11.1. The molecular weight excluding hydrogens is 420 g/mol. The molecule has 2 fully saturated rings. The molecule has 9 heteroatoms. The summed E-state index contributed by atoms with van der Waals surface area (Å²) in [5.41, 5.74) is 0.313. The number of anilines is 1. The van der Waals surface area contributed by atoms with Crippen LogP contribution >= 0.6 is 11.6 Å². The van der Waals surface area contributed by atoms with Crippen LogP contribution in [0.5, 0.6) is 0 Å². The third kappa shape index (κ3) is 5.96. The SMILES string of the molecule is CC(C)(C)OC(=O)N1CCC(N(CCOC2CO2)c2ccc3cnc(Cl)cc3n2)CC1. The molecule has 2 aromatic heterocycles. The molecule has 1 unspecified atom stereocenters.